The van der Waals surface area contributed by atoms with Gasteiger partial charge in [-0.25, -0.2) is 0 Å². The van der Waals surface area contributed by atoms with Crippen molar-refractivity contribution < 1.29 is 9.90 Å². The average molecular weight is 165 g/mol. The van der Waals surface area contributed by atoms with Crippen LogP contribution in [0.3, 0.4) is 0 Å². The van der Waals surface area contributed by atoms with Crippen LogP contribution in [0.2, 0.25) is 0 Å². The fourth-order valence-electron chi connectivity index (χ4n) is 0.672. The fraction of sp³-hybridized carbons (Fsp3) is 0.857. The normalized spacial score (nSPS) is 9.80. The van der Waals surface area contributed by atoms with Crippen molar-refractivity contribution in [2.45, 2.75) is 25.7 Å². The van der Waals surface area contributed by atoms with Gasteiger partial charge in [-0.15, -0.1) is 11.6 Å². The predicted octanol–water partition coefficient (Wildman–Crippen LogP) is 1.35. The fourth-order valence-corrected chi connectivity index (χ4v) is 0.861. The van der Waals surface area contributed by atoms with Crippen molar-refractivity contribution in [1.82, 2.24) is 0 Å². The quantitative estimate of drug-likeness (QED) is 0.475. The highest BCUT2D eigenvalue weighted by molar-refractivity contribution is 6.17. The molecule has 0 spiro atoms. The molecule has 2 nitrogen and oxygen atoms in total. The smallest absolute Gasteiger partial charge is 0.158 e. The number of aliphatic hydroxyl groups excluding tert-OH is 1. The first-order valence-electron chi connectivity index (χ1n) is 3.49. The number of carbonyl (C=O) groups is 1. The molecule has 0 unspecified atom stereocenters. The maximum Gasteiger partial charge on any atom is 0.158 e. The standard InChI is InChI=1S/C7H13ClO2/c8-5-3-1-2-4-7(10)6-9/h9H,1-6H2. The molecule has 0 saturated carbocycles. The minimum atomic E-state index is -0.319. The molecule has 0 radical (unpaired) electrons. The second kappa shape index (κ2) is 7.03. The number of aliphatic hydroxyl groups is 1. The molecular weight excluding hydrogens is 152 g/mol. The summed E-state index contributed by atoms with van der Waals surface area (Å²) in [5, 5.41) is 8.32. The number of Topliss-reactive ketones (excluding diaryl/α,β-unsaturated/α-hetero) is 1. The van der Waals surface area contributed by atoms with Crippen molar-refractivity contribution in [2.24, 2.45) is 0 Å². The Morgan fingerprint density at radius 3 is 2.50 bits per heavy atom. The molecule has 0 aliphatic rings. The highest BCUT2D eigenvalue weighted by Gasteiger charge is 1.97. The van der Waals surface area contributed by atoms with Gasteiger partial charge in [0.25, 0.3) is 0 Å². The molecule has 0 bridgehead atoms. The van der Waals surface area contributed by atoms with Crippen LogP contribution >= 0.6 is 11.6 Å². The molecule has 0 aliphatic carbocycles. The minimum absolute atomic E-state index is 0.0745. The summed E-state index contributed by atoms with van der Waals surface area (Å²) in [4.78, 5) is 10.5. The van der Waals surface area contributed by atoms with Crippen molar-refractivity contribution in [2.75, 3.05) is 12.5 Å². The van der Waals surface area contributed by atoms with Crippen LogP contribution in [-0.4, -0.2) is 23.4 Å². The van der Waals surface area contributed by atoms with Gasteiger partial charge in [0.05, 0.1) is 0 Å². The van der Waals surface area contributed by atoms with E-state index in [9.17, 15) is 4.79 Å². The lowest BCUT2D eigenvalue weighted by molar-refractivity contribution is -0.121. The van der Waals surface area contributed by atoms with Crippen LogP contribution in [0.25, 0.3) is 0 Å². The van der Waals surface area contributed by atoms with Crippen LogP contribution in [0, 0.1) is 0 Å². The molecular formula is C7H13ClO2. The molecule has 0 fully saturated rings. The summed E-state index contributed by atoms with van der Waals surface area (Å²) in [5.41, 5.74) is 0. The molecule has 0 heterocycles. The SMILES string of the molecule is O=C(CO)CCCCCCl. The first-order chi connectivity index (χ1) is 4.81. The summed E-state index contributed by atoms with van der Waals surface area (Å²) in [7, 11) is 0. The largest absolute Gasteiger partial charge is 0.389 e. The molecule has 0 aliphatic heterocycles. The third-order valence-electron chi connectivity index (χ3n) is 1.27. The van der Waals surface area contributed by atoms with Gasteiger partial charge in [0, 0.05) is 12.3 Å². The van der Waals surface area contributed by atoms with Crippen LogP contribution < -0.4 is 0 Å². The van der Waals surface area contributed by atoms with E-state index in [1.807, 2.05) is 0 Å². The second-order valence-electron chi connectivity index (χ2n) is 2.20. The van der Waals surface area contributed by atoms with Gasteiger partial charge in [0.1, 0.15) is 6.61 Å². The van der Waals surface area contributed by atoms with E-state index in [1.54, 1.807) is 0 Å². The van der Waals surface area contributed by atoms with E-state index in [1.165, 1.54) is 0 Å². The highest BCUT2D eigenvalue weighted by Crippen LogP contribution is 2.00. The zero-order valence-electron chi connectivity index (χ0n) is 5.98. The van der Waals surface area contributed by atoms with E-state index in [0.29, 0.717) is 12.3 Å². The van der Waals surface area contributed by atoms with Crippen LogP contribution in [0.1, 0.15) is 25.7 Å². The molecule has 0 amide bonds. The van der Waals surface area contributed by atoms with Crippen molar-refractivity contribution >= 4 is 17.4 Å². The van der Waals surface area contributed by atoms with Crippen LogP contribution in [0.15, 0.2) is 0 Å². The Morgan fingerprint density at radius 1 is 1.30 bits per heavy atom. The molecule has 3 heteroatoms. The van der Waals surface area contributed by atoms with Gasteiger partial charge in [-0.1, -0.05) is 6.42 Å². The summed E-state index contributed by atoms with van der Waals surface area (Å²) in [6.07, 6.45) is 3.29. The summed E-state index contributed by atoms with van der Waals surface area (Å²) >= 11 is 5.42. The first-order valence-corrected chi connectivity index (χ1v) is 4.03. The number of hydrogen-bond donors (Lipinski definition) is 1. The molecule has 0 saturated heterocycles. The van der Waals surface area contributed by atoms with E-state index >= 15 is 0 Å². The topological polar surface area (TPSA) is 37.3 Å². The molecule has 0 rings (SSSR count). The third kappa shape index (κ3) is 6.05. The highest BCUT2D eigenvalue weighted by atomic mass is 35.5. The first kappa shape index (κ1) is 9.92. The van der Waals surface area contributed by atoms with Crippen LogP contribution in [-0.2, 0) is 4.79 Å². The Bertz CT molecular complexity index is 93.6. The van der Waals surface area contributed by atoms with Gasteiger partial charge in [-0.2, -0.15) is 0 Å². The van der Waals surface area contributed by atoms with Gasteiger partial charge in [-0.3, -0.25) is 4.79 Å². The lowest BCUT2D eigenvalue weighted by Gasteiger charge is -1.95. The third-order valence-corrected chi connectivity index (χ3v) is 1.53. The van der Waals surface area contributed by atoms with Gasteiger partial charge >= 0.3 is 0 Å². The van der Waals surface area contributed by atoms with Crippen molar-refractivity contribution in [3.8, 4) is 0 Å². The summed E-state index contributed by atoms with van der Waals surface area (Å²) in [6, 6.07) is 0. The molecule has 60 valence electrons. The Labute approximate surface area is 66.2 Å². The Kier molecular flexibility index (Phi) is 6.98. The van der Waals surface area contributed by atoms with Crippen LogP contribution in [0.4, 0.5) is 0 Å². The van der Waals surface area contributed by atoms with Crippen molar-refractivity contribution in [3.63, 3.8) is 0 Å². The monoisotopic (exact) mass is 164 g/mol. The molecule has 0 aromatic carbocycles. The number of rotatable bonds is 6. The number of halogens is 1. The molecule has 1 N–H and O–H groups in total. The Hall–Kier alpha value is -0.0800. The van der Waals surface area contributed by atoms with Crippen molar-refractivity contribution in [1.29, 1.82) is 0 Å². The van der Waals surface area contributed by atoms with Gasteiger partial charge in [-0.05, 0) is 12.8 Å². The lowest BCUT2D eigenvalue weighted by Crippen LogP contribution is -2.02. The van der Waals surface area contributed by atoms with E-state index in [0.717, 1.165) is 19.3 Å². The number of carbonyl (C=O) groups excluding carboxylic acids is 1. The van der Waals surface area contributed by atoms with Crippen LogP contribution in [0.5, 0.6) is 0 Å². The number of alkyl halides is 1. The number of ketones is 1. The maximum atomic E-state index is 10.5. The molecule has 0 aromatic rings. The lowest BCUT2D eigenvalue weighted by atomic mass is 10.1. The van der Waals surface area contributed by atoms with E-state index in [2.05, 4.69) is 0 Å². The summed E-state index contributed by atoms with van der Waals surface area (Å²) in [5.74, 6) is 0.586. The second-order valence-corrected chi connectivity index (χ2v) is 2.57. The van der Waals surface area contributed by atoms with Gasteiger partial charge in [0.2, 0.25) is 0 Å². The minimum Gasteiger partial charge on any atom is -0.389 e. The number of hydrogen-bond acceptors (Lipinski definition) is 2. The zero-order valence-corrected chi connectivity index (χ0v) is 6.73. The van der Waals surface area contributed by atoms with Gasteiger partial charge < -0.3 is 5.11 Å². The maximum absolute atomic E-state index is 10.5. The Morgan fingerprint density at radius 2 is 2.00 bits per heavy atom. The molecule has 10 heavy (non-hydrogen) atoms. The van der Waals surface area contributed by atoms with E-state index in [-0.39, 0.29) is 12.4 Å². The van der Waals surface area contributed by atoms with Gasteiger partial charge in [0.15, 0.2) is 5.78 Å². The summed E-state index contributed by atoms with van der Waals surface area (Å²) in [6.45, 7) is -0.319. The van der Waals surface area contributed by atoms with E-state index in [4.69, 9.17) is 16.7 Å². The molecule has 0 aromatic heterocycles. The number of unbranched alkanes of at least 4 members (excludes halogenated alkanes) is 2. The Balaban J connectivity index is 2.96. The summed E-state index contributed by atoms with van der Waals surface area (Å²) < 4.78 is 0. The molecule has 0 atom stereocenters. The van der Waals surface area contributed by atoms with E-state index < -0.39 is 0 Å². The van der Waals surface area contributed by atoms with Crippen molar-refractivity contribution in [3.05, 3.63) is 0 Å². The average Bonchev–Trinajstić information content (AvgIpc) is 1.98. The predicted molar refractivity (Wildman–Crippen MR) is 41.3 cm³/mol. The zero-order chi connectivity index (χ0) is 7.82.